The third-order valence-corrected chi connectivity index (χ3v) is 7.41. The molecule has 0 aliphatic carbocycles. The molecule has 0 bridgehead atoms. The number of anilines is 1. The number of benzene rings is 1. The maximum atomic E-state index is 6.22. The molecule has 1 spiro atoms. The van der Waals surface area contributed by atoms with Crippen molar-refractivity contribution in [3.05, 3.63) is 47.9 Å². The average Bonchev–Trinajstić information content (AvgIpc) is 3.41. The summed E-state index contributed by atoms with van der Waals surface area (Å²) in [5.74, 6) is 1.84. The quantitative estimate of drug-likeness (QED) is 0.675. The topological polar surface area (TPSA) is 75.3 Å². The van der Waals surface area contributed by atoms with Crippen molar-refractivity contribution in [2.45, 2.75) is 38.3 Å². The molecule has 3 aromatic rings. The lowest BCUT2D eigenvalue weighted by atomic mass is 9.77. The van der Waals surface area contributed by atoms with E-state index in [1.807, 2.05) is 13.0 Å². The minimum absolute atomic E-state index is 0.104. The molecule has 3 aliphatic rings. The molecule has 2 N–H and O–H groups in total. The number of aromatic amines is 1. The number of fused-ring (bicyclic) bond motifs is 2. The summed E-state index contributed by atoms with van der Waals surface area (Å²) in [6.07, 6.45) is 5.24. The summed E-state index contributed by atoms with van der Waals surface area (Å²) in [4.78, 5) is 14.9. The Balaban J connectivity index is 1.32. The molecule has 7 heteroatoms. The van der Waals surface area contributed by atoms with Gasteiger partial charge in [0.15, 0.2) is 0 Å². The zero-order valence-corrected chi connectivity index (χ0v) is 17.9. The minimum atomic E-state index is 0.104. The lowest BCUT2D eigenvalue weighted by Crippen LogP contribution is -2.52. The van der Waals surface area contributed by atoms with Crippen molar-refractivity contribution in [3.63, 3.8) is 0 Å². The highest BCUT2D eigenvalue weighted by molar-refractivity contribution is 5.87. The van der Waals surface area contributed by atoms with Crippen molar-refractivity contribution in [1.82, 2.24) is 19.9 Å². The van der Waals surface area contributed by atoms with Crippen LogP contribution in [0.5, 0.6) is 5.75 Å². The molecular formula is C24H29N5O2. The number of likely N-dealkylation sites (tertiary alicyclic amines) is 1. The molecule has 31 heavy (non-hydrogen) atoms. The van der Waals surface area contributed by atoms with E-state index in [0.29, 0.717) is 12.0 Å². The van der Waals surface area contributed by atoms with E-state index >= 15 is 0 Å². The first-order valence-corrected chi connectivity index (χ1v) is 11.3. The van der Waals surface area contributed by atoms with Crippen LogP contribution in [-0.2, 0) is 4.74 Å². The van der Waals surface area contributed by atoms with Gasteiger partial charge in [-0.05, 0) is 56.8 Å². The molecule has 2 aromatic heterocycles. The van der Waals surface area contributed by atoms with Crippen LogP contribution in [0.1, 0.15) is 36.6 Å². The summed E-state index contributed by atoms with van der Waals surface area (Å²) in [6, 6.07) is 10.8. The molecule has 2 saturated heterocycles. The Morgan fingerprint density at radius 1 is 1.16 bits per heavy atom. The lowest BCUT2D eigenvalue weighted by Gasteiger charge is -2.46. The van der Waals surface area contributed by atoms with Crippen LogP contribution in [0.4, 0.5) is 5.82 Å². The third kappa shape index (κ3) is 3.36. The number of H-pyrrole nitrogens is 1. The molecule has 0 saturated carbocycles. The second kappa shape index (κ2) is 7.50. The lowest BCUT2D eigenvalue weighted by molar-refractivity contribution is 0.0308. The summed E-state index contributed by atoms with van der Waals surface area (Å²) >= 11 is 0. The number of rotatable bonds is 3. The van der Waals surface area contributed by atoms with Crippen LogP contribution < -0.4 is 10.1 Å². The van der Waals surface area contributed by atoms with Crippen LogP contribution in [0.2, 0.25) is 0 Å². The van der Waals surface area contributed by atoms with E-state index in [0.717, 1.165) is 54.6 Å². The fraction of sp³-hybridized carbons (Fsp3) is 0.500. The van der Waals surface area contributed by atoms with Crippen LogP contribution in [0.3, 0.4) is 0 Å². The number of nitrogens with zero attached hydrogens (tertiary/aromatic N) is 3. The van der Waals surface area contributed by atoms with Crippen LogP contribution in [0.25, 0.3) is 11.0 Å². The Morgan fingerprint density at radius 2 is 2.03 bits per heavy atom. The van der Waals surface area contributed by atoms with E-state index in [2.05, 4.69) is 49.4 Å². The number of nitrogens with one attached hydrogen (secondary N) is 2. The van der Waals surface area contributed by atoms with Crippen LogP contribution in [-0.4, -0.2) is 58.8 Å². The summed E-state index contributed by atoms with van der Waals surface area (Å²) in [7, 11) is 0. The van der Waals surface area contributed by atoms with Crippen molar-refractivity contribution in [1.29, 1.82) is 0 Å². The highest BCUT2D eigenvalue weighted by atomic mass is 16.5. The zero-order chi connectivity index (χ0) is 20.8. The molecule has 5 heterocycles. The van der Waals surface area contributed by atoms with Gasteiger partial charge in [-0.15, -0.1) is 0 Å². The van der Waals surface area contributed by atoms with E-state index in [4.69, 9.17) is 9.47 Å². The van der Waals surface area contributed by atoms with Gasteiger partial charge in [0.1, 0.15) is 30.1 Å². The van der Waals surface area contributed by atoms with E-state index < -0.39 is 0 Å². The smallest absolute Gasteiger partial charge is 0.143 e. The highest BCUT2D eigenvalue weighted by Gasteiger charge is 2.42. The number of hydrogen-bond acceptors (Lipinski definition) is 6. The molecule has 0 radical (unpaired) electrons. The first-order valence-electron chi connectivity index (χ1n) is 11.3. The van der Waals surface area contributed by atoms with Crippen molar-refractivity contribution in [2.24, 2.45) is 5.41 Å². The Kier molecular flexibility index (Phi) is 4.61. The van der Waals surface area contributed by atoms with Crippen molar-refractivity contribution < 1.29 is 9.47 Å². The molecule has 3 aliphatic heterocycles. The molecule has 0 amide bonds. The number of para-hydroxylation sites is 1. The first-order chi connectivity index (χ1) is 15.2. The van der Waals surface area contributed by atoms with Crippen molar-refractivity contribution in [2.75, 3.05) is 38.2 Å². The van der Waals surface area contributed by atoms with Gasteiger partial charge in [0, 0.05) is 17.9 Å². The first kappa shape index (κ1) is 19.1. The SMILES string of the molecule is Cc1cc2c(NC3c4ccccc4OCC3N3CCC4(CCOC4)CC3)ncnc2[nH]1. The van der Waals surface area contributed by atoms with Gasteiger partial charge in [0.2, 0.25) is 0 Å². The average molecular weight is 420 g/mol. The Bertz CT molecular complexity index is 1080. The number of hydrogen-bond donors (Lipinski definition) is 2. The summed E-state index contributed by atoms with van der Waals surface area (Å²) in [5.41, 5.74) is 3.55. The van der Waals surface area contributed by atoms with Crippen molar-refractivity contribution >= 4 is 16.9 Å². The zero-order valence-electron chi connectivity index (χ0n) is 17.9. The van der Waals surface area contributed by atoms with E-state index in [1.165, 1.54) is 24.8 Å². The fourth-order valence-electron chi connectivity index (χ4n) is 5.55. The number of piperidine rings is 1. The normalized spacial score (nSPS) is 25.5. The largest absolute Gasteiger partial charge is 0.491 e. The van der Waals surface area contributed by atoms with Crippen LogP contribution in [0.15, 0.2) is 36.7 Å². The van der Waals surface area contributed by atoms with E-state index in [9.17, 15) is 0 Å². The number of aromatic nitrogens is 3. The van der Waals surface area contributed by atoms with Gasteiger partial charge < -0.3 is 19.8 Å². The summed E-state index contributed by atoms with van der Waals surface area (Å²) in [6.45, 7) is 6.75. The Morgan fingerprint density at radius 3 is 2.87 bits per heavy atom. The van der Waals surface area contributed by atoms with Gasteiger partial charge in [0.25, 0.3) is 0 Å². The van der Waals surface area contributed by atoms with Gasteiger partial charge in [-0.3, -0.25) is 4.90 Å². The fourth-order valence-corrected chi connectivity index (χ4v) is 5.55. The Hall–Kier alpha value is -2.64. The molecule has 1 aromatic carbocycles. The Labute approximate surface area is 182 Å². The van der Waals surface area contributed by atoms with Crippen molar-refractivity contribution in [3.8, 4) is 5.75 Å². The predicted octanol–water partition coefficient (Wildman–Crippen LogP) is 3.68. The monoisotopic (exact) mass is 419 g/mol. The standard InChI is InChI=1S/C24H29N5O2/c1-16-12-18-22(27-16)25-15-26-23(18)28-21-17-4-2-3-5-20(17)31-13-19(21)29-9-6-24(7-10-29)8-11-30-14-24/h2-5,12,15,19,21H,6-11,13-14H2,1H3,(H2,25,26,27,28). The van der Waals surface area contributed by atoms with Gasteiger partial charge in [-0.25, -0.2) is 9.97 Å². The number of aryl methyl sites for hydroxylation is 1. The van der Waals surface area contributed by atoms with Crippen LogP contribution in [0, 0.1) is 12.3 Å². The molecule has 2 atom stereocenters. The second-order valence-corrected chi connectivity index (χ2v) is 9.31. The van der Waals surface area contributed by atoms with Gasteiger partial charge in [-0.1, -0.05) is 18.2 Å². The third-order valence-electron chi connectivity index (χ3n) is 7.41. The maximum Gasteiger partial charge on any atom is 0.143 e. The number of ether oxygens (including phenoxy) is 2. The molecule has 7 nitrogen and oxygen atoms in total. The molecule has 6 rings (SSSR count). The van der Waals surface area contributed by atoms with Crippen LogP contribution >= 0.6 is 0 Å². The summed E-state index contributed by atoms with van der Waals surface area (Å²) < 4.78 is 12.0. The predicted molar refractivity (Wildman–Crippen MR) is 119 cm³/mol. The van der Waals surface area contributed by atoms with E-state index in [-0.39, 0.29) is 12.1 Å². The molecule has 2 unspecified atom stereocenters. The maximum absolute atomic E-state index is 6.22. The molecular weight excluding hydrogens is 390 g/mol. The second-order valence-electron chi connectivity index (χ2n) is 9.31. The highest BCUT2D eigenvalue weighted by Crippen LogP contribution is 2.43. The van der Waals surface area contributed by atoms with Gasteiger partial charge in [-0.2, -0.15) is 0 Å². The summed E-state index contributed by atoms with van der Waals surface area (Å²) in [5, 5.41) is 4.82. The molecule has 2 fully saturated rings. The molecule has 162 valence electrons. The van der Waals surface area contributed by atoms with E-state index in [1.54, 1.807) is 6.33 Å². The minimum Gasteiger partial charge on any atom is -0.491 e. The van der Waals surface area contributed by atoms with Gasteiger partial charge >= 0.3 is 0 Å². The van der Waals surface area contributed by atoms with Gasteiger partial charge in [0.05, 0.1) is 24.1 Å².